The quantitative estimate of drug-likeness (QED) is 0.117. The summed E-state index contributed by atoms with van der Waals surface area (Å²) in [6.07, 6.45) is 6.61. The molecule has 0 saturated carbocycles. The van der Waals surface area contributed by atoms with Crippen molar-refractivity contribution in [2.45, 2.75) is 31.5 Å². The highest BCUT2D eigenvalue weighted by Gasteiger charge is 2.54. The van der Waals surface area contributed by atoms with E-state index in [-0.39, 0.29) is 30.1 Å². The molecule has 0 radical (unpaired) electrons. The van der Waals surface area contributed by atoms with Gasteiger partial charge in [0.2, 0.25) is 0 Å². The third-order valence-electron chi connectivity index (χ3n) is 9.62. The Morgan fingerprint density at radius 3 is 2.31 bits per heavy atom. The van der Waals surface area contributed by atoms with Gasteiger partial charge in [0.05, 0.1) is 18.6 Å². The summed E-state index contributed by atoms with van der Waals surface area (Å²) in [4.78, 5) is 4.66. The summed E-state index contributed by atoms with van der Waals surface area (Å²) in [5.41, 5.74) is 3.78. The predicted octanol–water partition coefficient (Wildman–Crippen LogP) is 4.84. The van der Waals surface area contributed by atoms with Gasteiger partial charge in [0, 0.05) is 43.0 Å². The van der Waals surface area contributed by atoms with Crippen molar-refractivity contribution >= 4 is 32.4 Å². The molecule has 0 amide bonds. The first-order chi connectivity index (χ1) is 18.7. The minimum atomic E-state index is 0. The van der Waals surface area contributed by atoms with Gasteiger partial charge in [-0.05, 0) is 51.2 Å². The Kier molecular flexibility index (Phi) is 7.21. The van der Waals surface area contributed by atoms with Gasteiger partial charge >= 0.3 is 0 Å². The molecule has 5 aromatic rings. The number of hydrogen-bond acceptors (Lipinski definition) is 2. The van der Waals surface area contributed by atoms with E-state index in [4.69, 9.17) is 4.74 Å². The molecule has 1 aromatic heterocycles. The number of methoxy groups -OCH3 is 1. The van der Waals surface area contributed by atoms with Crippen molar-refractivity contribution in [1.29, 1.82) is 0 Å². The van der Waals surface area contributed by atoms with Gasteiger partial charge < -0.3 is 33.2 Å². The van der Waals surface area contributed by atoms with E-state index in [1.807, 2.05) is 13.3 Å². The number of nitrogens with zero attached hydrogens (tertiary/aromatic N) is 2. The number of benzene rings is 4. The normalized spacial score (nSPS) is 25.0. The lowest BCUT2D eigenvalue weighted by atomic mass is 9.71. The molecular weight excluding hydrogens is 591 g/mol. The molecular formula is C35H35IN2O. The first-order valence-corrected chi connectivity index (χ1v) is 13.9. The molecule has 3 fully saturated rings. The third-order valence-corrected chi connectivity index (χ3v) is 9.62. The van der Waals surface area contributed by atoms with Crippen molar-refractivity contribution in [3.8, 4) is 0 Å². The maximum Gasteiger partial charge on any atom is 0.135 e. The van der Waals surface area contributed by atoms with Gasteiger partial charge in [-0.3, -0.25) is 4.98 Å². The maximum atomic E-state index is 6.47. The highest BCUT2D eigenvalue weighted by Crippen LogP contribution is 2.49. The Labute approximate surface area is 248 Å². The standard InChI is InChI=1S/C35H35N2O.HI/c1-3-24-22-37(23-32-28-12-6-4-10-26(28)20-27-11-5-7-13-29(27)32)19-17-25(24)21-34(37)35(38-2)31-16-18-36-33-15-9-8-14-30(31)33;/h3-16,18,20,24-25,34-35H,1,17,19,21-23H2,2H3;1H/q+1;/p-1/t24-,25-,34-,35+,37-;/m0./s1. The molecule has 8 rings (SSSR count). The van der Waals surface area contributed by atoms with Crippen LogP contribution in [0.5, 0.6) is 0 Å². The van der Waals surface area contributed by atoms with Gasteiger partial charge in [0.15, 0.2) is 0 Å². The largest absolute Gasteiger partial charge is 1.00 e. The molecule has 39 heavy (non-hydrogen) atoms. The molecule has 4 aromatic carbocycles. The second kappa shape index (κ2) is 10.6. The second-order valence-electron chi connectivity index (χ2n) is 11.4. The summed E-state index contributed by atoms with van der Waals surface area (Å²) >= 11 is 0. The Morgan fingerprint density at radius 1 is 0.949 bits per heavy atom. The lowest BCUT2D eigenvalue weighted by Gasteiger charge is -2.58. The van der Waals surface area contributed by atoms with E-state index in [0.717, 1.165) is 29.5 Å². The fraction of sp³-hybridized carbons (Fsp3) is 0.286. The zero-order valence-electron chi connectivity index (χ0n) is 22.5. The molecule has 5 atom stereocenters. The van der Waals surface area contributed by atoms with Gasteiger partial charge in [0.1, 0.15) is 18.7 Å². The van der Waals surface area contributed by atoms with Crippen molar-refractivity contribution in [3.05, 3.63) is 115 Å². The molecule has 198 valence electrons. The third kappa shape index (κ3) is 4.37. The van der Waals surface area contributed by atoms with Crippen LogP contribution >= 0.6 is 0 Å². The van der Waals surface area contributed by atoms with Crippen LogP contribution < -0.4 is 24.0 Å². The molecule has 3 nitrogen and oxygen atoms in total. The highest BCUT2D eigenvalue weighted by molar-refractivity contribution is 6.02. The number of piperidine rings is 3. The van der Waals surface area contributed by atoms with Crippen molar-refractivity contribution in [1.82, 2.24) is 4.98 Å². The first-order valence-electron chi connectivity index (χ1n) is 13.9. The Hall–Kier alpha value is -2.80. The van der Waals surface area contributed by atoms with Crippen LogP contribution in [-0.2, 0) is 11.3 Å². The molecule has 4 heteroatoms. The summed E-state index contributed by atoms with van der Waals surface area (Å²) in [5, 5.41) is 6.61. The van der Waals surface area contributed by atoms with Crippen LogP contribution in [0, 0.1) is 11.8 Å². The van der Waals surface area contributed by atoms with Crippen LogP contribution in [0.4, 0.5) is 0 Å². The molecule has 4 heterocycles. The molecule has 0 aliphatic carbocycles. The summed E-state index contributed by atoms with van der Waals surface area (Å²) in [5.74, 6) is 1.22. The highest BCUT2D eigenvalue weighted by atomic mass is 127. The number of para-hydroxylation sites is 1. The zero-order valence-corrected chi connectivity index (χ0v) is 24.6. The fourth-order valence-electron chi connectivity index (χ4n) is 7.81. The van der Waals surface area contributed by atoms with Crippen molar-refractivity contribution in [3.63, 3.8) is 0 Å². The molecule has 0 unspecified atom stereocenters. The smallest absolute Gasteiger partial charge is 0.135 e. The monoisotopic (exact) mass is 626 g/mol. The number of rotatable bonds is 6. The van der Waals surface area contributed by atoms with E-state index in [0.29, 0.717) is 17.9 Å². The average Bonchev–Trinajstić information content (AvgIpc) is 2.98. The van der Waals surface area contributed by atoms with Crippen LogP contribution in [-0.4, -0.2) is 35.7 Å². The van der Waals surface area contributed by atoms with E-state index in [2.05, 4.69) is 103 Å². The number of quaternary nitrogens is 1. The predicted molar refractivity (Wildman–Crippen MR) is 157 cm³/mol. The first kappa shape index (κ1) is 26.4. The Balaban J connectivity index is 0.00000277. The van der Waals surface area contributed by atoms with Gasteiger partial charge in [-0.2, -0.15) is 0 Å². The second-order valence-corrected chi connectivity index (χ2v) is 11.4. The van der Waals surface area contributed by atoms with Crippen LogP contribution in [0.25, 0.3) is 32.4 Å². The Morgan fingerprint density at radius 2 is 1.62 bits per heavy atom. The minimum Gasteiger partial charge on any atom is -1.00 e. The molecule has 2 bridgehead atoms. The summed E-state index contributed by atoms with van der Waals surface area (Å²) < 4.78 is 7.52. The van der Waals surface area contributed by atoms with E-state index >= 15 is 0 Å². The average molecular weight is 627 g/mol. The van der Waals surface area contributed by atoms with Gasteiger partial charge in [-0.25, -0.2) is 0 Å². The Bertz CT molecular complexity index is 1610. The number of pyridine rings is 1. The summed E-state index contributed by atoms with van der Waals surface area (Å²) in [6.45, 7) is 7.59. The molecule has 3 aliphatic rings. The summed E-state index contributed by atoms with van der Waals surface area (Å²) in [6, 6.07) is 31.3. The molecule has 3 saturated heterocycles. The van der Waals surface area contributed by atoms with Crippen LogP contribution in [0.15, 0.2) is 104 Å². The topological polar surface area (TPSA) is 22.1 Å². The minimum absolute atomic E-state index is 0. The van der Waals surface area contributed by atoms with E-state index < -0.39 is 0 Å². The number of ether oxygens (including phenoxy) is 1. The fourth-order valence-corrected chi connectivity index (χ4v) is 7.81. The van der Waals surface area contributed by atoms with Crippen molar-refractivity contribution in [2.24, 2.45) is 11.8 Å². The van der Waals surface area contributed by atoms with Gasteiger partial charge in [-0.15, -0.1) is 6.58 Å². The zero-order chi connectivity index (χ0) is 25.7. The van der Waals surface area contributed by atoms with Gasteiger partial charge in [0.25, 0.3) is 0 Å². The van der Waals surface area contributed by atoms with Crippen LogP contribution in [0.3, 0.4) is 0 Å². The van der Waals surface area contributed by atoms with E-state index in [1.165, 1.54) is 51.0 Å². The molecule has 0 spiro atoms. The molecule has 3 aliphatic heterocycles. The van der Waals surface area contributed by atoms with Crippen molar-refractivity contribution < 1.29 is 33.2 Å². The molecule has 0 N–H and O–H groups in total. The number of aromatic nitrogens is 1. The lowest BCUT2D eigenvalue weighted by molar-refractivity contribution is -0.984. The number of halogens is 1. The van der Waals surface area contributed by atoms with E-state index in [9.17, 15) is 0 Å². The summed E-state index contributed by atoms with van der Waals surface area (Å²) in [7, 11) is 1.90. The van der Waals surface area contributed by atoms with E-state index in [1.54, 1.807) is 0 Å². The van der Waals surface area contributed by atoms with Crippen LogP contribution in [0.2, 0.25) is 0 Å². The van der Waals surface area contributed by atoms with Crippen LogP contribution in [0.1, 0.15) is 30.1 Å². The SMILES string of the molecule is C=C[C@H]1C[N@+]2(Cc3c4ccccc4cc4ccccc34)CC[C@H]1C[C@H]2[C@H](OC)c1ccnc2ccccc12.[I-]. The number of fused-ring (bicyclic) bond motifs is 6. The lowest BCUT2D eigenvalue weighted by Crippen LogP contribution is -3.00. The number of hydrogen-bond donors (Lipinski definition) is 0. The van der Waals surface area contributed by atoms with Gasteiger partial charge in [-0.1, -0.05) is 72.8 Å². The maximum absolute atomic E-state index is 6.47. The van der Waals surface area contributed by atoms with Crippen molar-refractivity contribution in [2.75, 3.05) is 20.2 Å².